The Kier molecular flexibility index (Phi) is 4.28. The van der Waals surface area contributed by atoms with Crippen LogP contribution in [-0.4, -0.2) is 31.1 Å². The molecule has 0 unspecified atom stereocenters. The minimum atomic E-state index is -3.45. The highest BCUT2D eigenvalue weighted by molar-refractivity contribution is 7.89. The first kappa shape index (κ1) is 14.5. The second-order valence-corrected chi connectivity index (χ2v) is 7.17. The molecule has 2 rings (SSSR count). The van der Waals surface area contributed by atoms with E-state index in [0.717, 1.165) is 12.8 Å². The normalized spacial score (nSPS) is 18.4. The van der Waals surface area contributed by atoms with Crippen LogP contribution in [0.1, 0.15) is 30.1 Å². The van der Waals surface area contributed by atoms with Crippen LogP contribution in [0.25, 0.3) is 0 Å². The Morgan fingerprint density at radius 3 is 2.21 bits per heavy atom. The fourth-order valence-corrected chi connectivity index (χ4v) is 3.73. The van der Waals surface area contributed by atoms with Crippen LogP contribution in [0.5, 0.6) is 0 Å². The monoisotopic (exact) mass is 301 g/mol. The number of piperidine rings is 1. The lowest BCUT2D eigenvalue weighted by molar-refractivity contribution is 0.108. The molecule has 19 heavy (non-hydrogen) atoms. The lowest BCUT2D eigenvalue weighted by atomic mass is 10.0. The number of benzene rings is 1. The van der Waals surface area contributed by atoms with Gasteiger partial charge in [0.2, 0.25) is 10.0 Å². The van der Waals surface area contributed by atoms with Crippen LogP contribution in [0.3, 0.4) is 0 Å². The third-order valence-electron chi connectivity index (χ3n) is 3.46. The summed E-state index contributed by atoms with van der Waals surface area (Å²) >= 11 is 5.34. The van der Waals surface area contributed by atoms with E-state index in [2.05, 4.69) is 6.92 Å². The summed E-state index contributed by atoms with van der Waals surface area (Å²) in [7, 11) is -3.45. The van der Waals surface area contributed by atoms with Crippen molar-refractivity contribution in [2.45, 2.75) is 24.7 Å². The summed E-state index contributed by atoms with van der Waals surface area (Å²) in [5.74, 6) is 0.572. The van der Waals surface area contributed by atoms with Gasteiger partial charge in [-0.15, -0.1) is 0 Å². The molecule has 1 fully saturated rings. The van der Waals surface area contributed by atoms with Crippen LogP contribution in [-0.2, 0) is 10.0 Å². The quantitative estimate of drug-likeness (QED) is 0.806. The summed E-state index contributed by atoms with van der Waals surface area (Å²) in [4.78, 5) is 11.2. The highest BCUT2D eigenvalue weighted by Gasteiger charge is 2.27. The highest BCUT2D eigenvalue weighted by Crippen LogP contribution is 2.23. The molecule has 1 heterocycles. The predicted molar refractivity (Wildman–Crippen MR) is 73.8 cm³/mol. The van der Waals surface area contributed by atoms with Gasteiger partial charge in [0, 0.05) is 18.7 Å². The molecule has 1 aliphatic heterocycles. The van der Waals surface area contributed by atoms with E-state index in [9.17, 15) is 13.2 Å². The van der Waals surface area contributed by atoms with Gasteiger partial charge in [-0.2, -0.15) is 4.31 Å². The second-order valence-electron chi connectivity index (χ2n) is 4.88. The van der Waals surface area contributed by atoms with Gasteiger partial charge in [0.1, 0.15) is 0 Å². The zero-order chi connectivity index (χ0) is 14.0. The standard InChI is InChI=1S/C13H16ClNO3S/c1-10-6-8-15(9-7-10)19(17,18)12-4-2-11(3-5-12)13(14)16/h2-5,10H,6-9H2,1H3. The number of halogens is 1. The lowest BCUT2D eigenvalue weighted by Gasteiger charge is -2.29. The smallest absolute Gasteiger partial charge is 0.252 e. The maximum Gasteiger partial charge on any atom is 0.252 e. The molecular weight excluding hydrogens is 286 g/mol. The van der Waals surface area contributed by atoms with Crippen molar-refractivity contribution in [2.75, 3.05) is 13.1 Å². The first-order valence-electron chi connectivity index (χ1n) is 6.21. The molecule has 0 N–H and O–H groups in total. The zero-order valence-electron chi connectivity index (χ0n) is 10.7. The molecule has 0 spiro atoms. The Hall–Kier alpha value is -0.910. The van der Waals surface area contributed by atoms with Crippen LogP contribution in [0.15, 0.2) is 29.2 Å². The Balaban J connectivity index is 2.22. The van der Waals surface area contributed by atoms with Crippen molar-refractivity contribution in [1.82, 2.24) is 4.31 Å². The highest BCUT2D eigenvalue weighted by atomic mass is 35.5. The van der Waals surface area contributed by atoms with Crippen LogP contribution in [0.4, 0.5) is 0 Å². The van der Waals surface area contributed by atoms with E-state index in [-0.39, 0.29) is 4.90 Å². The molecule has 4 nitrogen and oxygen atoms in total. The van der Waals surface area contributed by atoms with E-state index in [0.29, 0.717) is 24.6 Å². The number of nitrogens with zero attached hydrogens (tertiary/aromatic N) is 1. The van der Waals surface area contributed by atoms with Gasteiger partial charge in [-0.3, -0.25) is 4.79 Å². The fourth-order valence-electron chi connectivity index (χ4n) is 2.13. The van der Waals surface area contributed by atoms with Gasteiger partial charge in [-0.05, 0) is 54.6 Å². The van der Waals surface area contributed by atoms with Crippen molar-refractivity contribution >= 4 is 26.9 Å². The Morgan fingerprint density at radius 1 is 1.21 bits per heavy atom. The minimum Gasteiger partial charge on any atom is -0.276 e. The number of sulfonamides is 1. The Labute approximate surface area is 118 Å². The number of rotatable bonds is 3. The molecule has 0 radical (unpaired) electrons. The minimum absolute atomic E-state index is 0.212. The maximum atomic E-state index is 12.4. The van der Waals surface area contributed by atoms with Crippen molar-refractivity contribution in [3.63, 3.8) is 0 Å². The summed E-state index contributed by atoms with van der Waals surface area (Å²) in [6, 6.07) is 5.75. The maximum absolute atomic E-state index is 12.4. The van der Waals surface area contributed by atoms with Crippen molar-refractivity contribution in [1.29, 1.82) is 0 Å². The zero-order valence-corrected chi connectivity index (χ0v) is 12.2. The molecule has 6 heteroatoms. The van der Waals surface area contributed by atoms with Crippen molar-refractivity contribution in [3.8, 4) is 0 Å². The largest absolute Gasteiger partial charge is 0.276 e. The topological polar surface area (TPSA) is 54.5 Å². The number of carbonyl (C=O) groups is 1. The van der Waals surface area contributed by atoms with E-state index in [1.807, 2.05) is 0 Å². The van der Waals surface area contributed by atoms with Gasteiger partial charge in [0.25, 0.3) is 5.24 Å². The van der Waals surface area contributed by atoms with Gasteiger partial charge in [0.15, 0.2) is 0 Å². The summed E-state index contributed by atoms with van der Waals surface area (Å²) in [6.07, 6.45) is 1.77. The first-order valence-corrected chi connectivity index (χ1v) is 8.03. The van der Waals surface area contributed by atoms with Gasteiger partial charge in [-0.25, -0.2) is 8.42 Å². The van der Waals surface area contributed by atoms with E-state index in [1.54, 1.807) is 0 Å². The third-order valence-corrected chi connectivity index (χ3v) is 5.59. The van der Waals surface area contributed by atoms with Gasteiger partial charge in [-0.1, -0.05) is 6.92 Å². The Bertz CT molecular complexity index is 560. The van der Waals surface area contributed by atoms with Crippen molar-refractivity contribution < 1.29 is 13.2 Å². The number of carbonyl (C=O) groups excluding carboxylic acids is 1. The molecular formula is C13H16ClNO3S. The second kappa shape index (κ2) is 5.61. The first-order chi connectivity index (χ1) is 8.91. The fraction of sp³-hybridized carbons (Fsp3) is 0.462. The van der Waals surface area contributed by atoms with Crippen LogP contribution in [0.2, 0.25) is 0 Å². The van der Waals surface area contributed by atoms with Crippen LogP contribution >= 0.6 is 11.6 Å². The molecule has 0 aromatic heterocycles. The SMILES string of the molecule is CC1CCN(S(=O)(=O)c2ccc(C(=O)Cl)cc2)CC1. The average Bonchev–Trinajstić information content (AvgIpc) is 2.39. The number of hydrogen-bond acceptors (Lipinski definition) is 3. The van der Waals surface area contributed by atoms with Crippen molar-refractivity contribution in [2.24, 2.45) is 5.92 Å². The predicted octanol–water partition coefficient (Wildman–Crippen LogP) is 2.49. The molecule has 1 aliphatic rings. The number of hydrogen-bond donors (Lipinski definition) is 0. The molecule has 1 aromatic carbocycles. The van der Waals surface area contributed by atoms with E-state index < -0.39 is 15.3 Å². The van der Waals surface area contributed by atoms with Crippen LogP contribution in [0, 0.1) is 5.92 Å². The van der Waals surface area contributed by atoms with Gasteiger partial charge < -0.3 is 0 Å². The molecule has 0 bridgehead atoms. The lowest BCUT2D eigenvalue weighted by Crippen LogP contribution is -2.37. The van der Waals surface area contributed by atoms with Crippen molar-refractivity contribution in [3.05, 3.63) is 29.8 Å². The van der Waals surface area contributed by atoms with E-state index in [1.165, 1.54) is 28.6 Å². The van der Waals surface area contributed by atoms with E-state index >= 15 is 0 Å². The Morgan fingerprint density at radius 2 is 1.74 bits per heavy atom. The van der Waals surface area contributed by atoms with E-state index in [4.69, 9.17) is 11.6 Å². The summed E-state index contributed by atoms with van der Waals surface area (Å²) in [5.41, 5.74) is 0.299. The molecule has 0 saturated carbocycles. The molecule has 104 valence electrons. The molecule has 0 amide bonds. The molecule has 1 aromatic rings. The van der Waals surface area contributed by atoms with Crippen LogP contribution < -0.4 is 0 Å². The van der Waals surface area contributed by atoms with Gasteiger partial charge >= 0.3 is 0 Å². The summed E-state index contributed by atoms with van der Waals surface area (Å²) in [5, 5.41) is -0.587. The summed E-state index contributed by atoms with van der Waals surface area (Å²) in [6.45, 7) is 3.24. The molecule has 0 aliphatic carbocycles. The molecule has 1 saturated heterocycles. The van der Waals surface area contributed by atoms with Gasteiger partial charge in [0.05, 0.1) is 4.90 Å². The average molecular weight is 302 g/mol. The molecule has 0 atom stereocenters. The third kappa shape index (κ3) is 3.16. The summed E-state index contributed by atoms with van der Waals surface area (Å²) < 4.78 is 26.3.